The van der Waals surface area contributed by atoms with E-state index in [9.17, 15) is 4.79 Å². The van der Waals surface area contributed by atoms with Crippen LogP contribution in [-0.4, -0.2) is 55.6 Å². The summed E-state index contributed by atoms with van der Waals surface area (Å²) in [5.74, 6) is 0.473. The number of carbonyl (C=O) groups is 1. The normalized spacial score (nSPS) is 24.8. The van der Waals surface area contributed by atoms with E-state index in [1.807, 2.05) is 0 Å². The molecule has 4 nitrogen and oxygen atoms in total. The van der Waals surface area contributed by atoms with E-state index in [4.69, 9.17) is 0 Å². The molecular weight excluding hydrogens is 202 g/mol. The largest absolute Gasteiger partial charge is 0.359 e. The van der Waals surface area contributed by atoms with Crippen LogP contribution in [0.15, 0.2) is 0 Å². The summed E-state index contributed by atoms with van der Waals surface area (Å²) < 4.78 is 0. The number of carbonyl (C=O) groups excluding carboxylic acids is 1. The molecule has 16 heavy (non-hydrogen) atoms. The smallest absolute Gasteiger partial charge is 0.222 e. The number of piperidine rings is 1. The molecule has 0 saturated carbocycles. The van der Waals surface area contributed by atoms with Gasteiger partial charge in [-0.05, 0) is 38.8 Å². The molecule has 2 rings (SSSR count). The first kappa shape index (κ1) is 11.9. The average Bonchev–Trinajstić information content (AvgIpc) is 2.82. The molecule has 1 N–H and O–H groups in total. The molecule has 2 fully saturated rings. The summed E-state index contributed by atoms with van der Waals surface area (Å²) in [6.07, 6.45) is 4.75. The third kappa shape index (κ3) is 2.95. The Morgan fingerprint density at radius 1 is 1.12 bits per heavy atom. The lowest BCUT2D eigenvalue weighted by Crippen LogP contribution is -2.44. The lowest BCUT2D eigenvalue weighted by Gasteiger charge is -2.33. The molecule has 1 amide bonds. The highest BCUT2D eigenvalue weighted by Gasteiger charge is 2.25. The van der Waals surface area contributed by atoms with Crippen molar-refractivity contribution in [3.05, 3.63) is 0 Å². The Morgan fingerprint density at radius 2 is 1.69 bits per heavy atom. The number of hydrogen-bond donors (Lipinski definition) is 1. The van der Waals surface area contributed by atoms with Crippen LogP contribution in [0.1, 0.15) is 25.7 Å². The number of rotatable bonds is 3. The second-order valence-corrected chi connectivity index (χ2v) is 4.97. The summed E-state index contributed by atoms with van der Waals surface area (Å²) in [7, 11) is 1.74. The van der Waals surface area contributed by atoms with Crippen LogP contribution < -0.4 is 5.32 Å². The van der Waals surface area contributed by atoms with Crippen molar-refractivity contribution in [2.75, 3.05) is 39.9 Å². The lowest BCUT2D eigenvalue weighted by atomic mass is 9.96. The number of nitrogens with zero attached hydrogens (tertiary/aromatic N) is 2. The minimum atomic E-state index is 0.223. The van der Waals surface area contributed by atoms with Gasteiger partial charge in [0.05, 0.1) is 6.67 Å². The Bertz CT molecular complexity index is 230. The zero-order valence-corrected chi connectivity index (χ0v) is 10.2. The molecule has 0 aromatic carbocycles. The van der Waals surface area contributed by atoms with Crippen LogP contribution in [0.2, 0.25) is 0 Å². The first-order valence-corrected chi connectivity index (χ1v) is 6.46. The Labute approximate surface area is 98.0 Å². The monoisotopic (exact) mass is 225 g/mol. The van der Waals surface area contributed by atoms with Crippen LogP contribution >= 0.6 is 0 Å². The fraction of sp³-hybridized carbons (Fsp3) is 0.917. The second kappa shape index (κ2) is 5.64. The van der Waals surface area contributed by atoms with Crippen LogP contribution in [0.4, 0.5) is 0 Å². The summed E-state index contributed by atoms with van der Waals surface area (Å²) in [6, 6.07) is 0. The minimum absolute atomic E-state index is 0.223. The molecule has 2 aliphatic heterocycles. The van der Waals surface area contributed by atoms with Crippen LogP contribution in [0.3, 0.4) is 0 Å². The summed E-state index contributed by atoms with van der Waals surface area (Å²) in [5, 5.41) is 2.75. The number of likely N-dealkylation sites (tertiary alicyclic amines) is 2. The Kier molecular flexibility index (Phi) is 4.18. The fourth-order valence-corrected chi connectivity index (χ4v) is 2.75. The van der Waals surface area contributed by atoms with Crippen molar-refractivity contribution < 1.29 is 4.79 Å². The van der Waals surface area contributed by atoms with Crippen molar-refractivity contribution in [2.24, 2.45) is 5.92 Å². The first-order valence-electron chi connectivity index (χ1n) is 6.46. The third-order valence-corrected chi connectivity index (χ3v) is 3.80. The van der Waals surface area contributed by atoms with Gasteiger partial charge in [0.2, 0.25) is 5.91 Å². The van der Waals surface area contributed by atoms with E-state index < -0.39 is 0 Å². The van der Waals surface area contributed by atoms with E-state index in [0.717, 1.165) is 32.6 Å². The highest BCUT2D eigenvalue weighted by Crippen LogP contribution is 2.18. The Balaban J connectivity index is 1.70. The fourth-order valence-electron chi connectivity index (χ4n) is 2.75. The van der Waals surface area contributed by atoms with Gasteiger partial charge in [-0.15, -0.1) is 0 Å². The molecule has 92 valence electrons. The van der Waals surface area contributed by atoms with Gasteiger partial charge in [-0.2, -0.15) is 0 Å². The molecule has 4 heteroatoms. The molecule has 0 bridgehead atoms. The van der Waals surface area contributed by atoms with E-state index in [0.29, 0.717) is 0 Å². The maximum absolute atomic E-state index is 11.5. The molecule has 0 aromatic heterocycles. The van der Waals surface area contributed by atoms with Gasteiger partial charge in [-0.1, -0.05) is 0 Å². The van der Waals surface area contributed by atoms with E-state index in [1.165, 1.54) is 25.9 Å². The summed E-state index contributed by atoms with van der Waals surface area (Å²) in [4.78, 5) is 16.5. The molecule has 2 saturated heterocycles. The molecule has 0 unspecified atom stereocenters. The number of hydrogen-bond acceptors (Lipinski definition) is 3. The van der Waals surface area contributed by atoms with Crippen molar-refractivity contribution in [3.63, 3.8) is 0 Å². The van der Waals surface area contributed by atoms with Crippen molar-refractivity contribution in [3.8, 4) is 0 Å². The maximum atomic E-state index is 11.5. The molecule has 0 radical (unpaired) electrons. The van der Waals surface area contributed by atoms with E-state index >= 15 is 0 Å². The lowest BCUT2D eigenvalue weighted by molar-refractivity contribution is -0.126. The second-order valence-electron chi connectivity index (χ2n) is 4.97. The first-order chi connectivity index (χ1) is 7.79. The minimum Gasteiger partial charge on any atom is -0.359 e. The van der Waals surface area contributed by atoms with E-state index in [-0.39, 0.29) is 11.8 Å². The number of amides is 1. The van der Waals surface area contributed by atoms with Gasteiger partial charge in [-0.25, -0.2) is 0 Å². The van der Waals surface area contributed by atoms with Crippen LogP contribution in [0.25, 0.3) is 0 Å². The predicted molar refractivity (Wildman–Crippen MR) is 64.0 cm³/mol. The number of nitrogens with one attached hydrogen (secondary N) is 1. The van der Waals surface area contributed by atoms with Gasteiger partial charge in [0.25, 0.3) is 0 Å². The molecule has 0 atom stereocenters. The Morgan fingerprint density at radius 3 is 2.25 bits per heavy atom. The highest BCUT2D eigenvalue weighted by atomic mass is 16.1. The van der Waals surface area contributed by atoms with Crippen molar-refractivity contribution >= 4 is 5.91 Å². The maximum Gasteiger partial charge on any atom is 0.222 e. The van der Waals surface area contributed by atoms with Gasteiger partial charge in [-0.3, -0.25) is 14.6 Å². The van der Waals surface area contributed by atoms with Crippen molar-refractivity contribution in [1.29, 1.82) is 0 Å². The summed E-state index contributed by atoms with van der Waals surface area (Å²) in [6.45, 7) is 5.79. The zero-order chi connectivity index (χ0) is 11.4. The SMILES string of the molecule is CNC(=O)C1CCN(CN2CCCC2)CC1. The van der Waals surface area contributed by atoms with Crippen LogP contribution in [0.5, 0.6) is 0 Å². The quantitative estimate of drug-likeness (QED) is 0.759. The topological polar surface area (TPSA) is 35.6 Å². The van der Waals surface area contributed by atoms with Gasteiger partial charge in [0.15, 0.2) is 0 Å². The predicted octanol–water partition coefficient (Wildman–Crippen LogP) is 0.498. The van der Waals surface area contributed by atoms with E-state index in [1.54, 1.807) is 7.05 Å². The van der Waals surface area contributed by atoms with Crippen molar-refractivity contribution in [1.82, 2.24) is 15.1 Å². The molecular formula is C12H23N3O. The van der Waals surface area contributed by atoms with Gasteiger partial charge >= 0.3 is 0 Å². The van der Waals surface area contributed by atoms with Gasteiger partial charge < -0.3 is 5.32 Å². The molecule has 2 heterocycles. The summed E-state index contributed by atoms with van der Waals surface area (Å²) >= 11 is 0. The molecule has 0 aromatic rings. The van der Waals surface area contributed by atoms with Gasteiger partial charge in [0.1, 0.15) is 0 Å². The molecule has 0 aliphatic carbocycles. The molecule has 0 spiro atoms. The van der Waals surface area contributed by atoms with Crippen molar-refractivity contribution in [2.45, 2.75) is 25.7 Å². The highest BCUT2D eigenvalue weighted by molar-refractivity contribution is 5.78. The van der Waals surface area contributed by atoms with Crippen LogP contribution in [-0.2, 0) is 4.79 Å². The molecule has 2 aliphatic rings. The van der Waals surface area contributed by atoms with Gasteiger partial charge in [0, 0.05) is 26.1 Å². The Hall–Kier alpha value is -0.610. The van der Waals surface area contributed by atoms with E-state index in [2.05, 4.69) is 15.1 Å². The van der Waals surface area contributed by atoms with Crippen LogP contribution in [0, 0.1) is 5.92 Å². The average molecular weight is 225 g/mol. The standard InChI is InChI=1S/C12H23N3O/c1-13-12(16)11-4-8-15(9-5-11)10-14-6-2-3-7-14/h11H,2-10H2,1H3,(H,13,16). The zero-order valence-electron chi connectivity index (χ0n) is 10.2. The summed E-state index contributed by atoms with van der Waals surface area (Å²) in [5.41, 5.74) is 0. The third-order valence-electron chi connectivity index (χ3n) is 3.80.